The number of nitrogens with one attached hydrogen (secondary N) is 1. The molecule has 0 unspecified atom stereocenters. The summed E-state index contributed by atoms with van der Waals surface area (Å²) in [6, 6.07) is 12.3. The molecule has 0 aliphatic carbocycles. The Morgan fingerprint density at radius 3 is 2.43 bits per heavy atom. The Morgan fingerprint density at radius 2 is 1.76 bits per heavy atom. The van der Waals surface area contributed by atoms with Gasteiger partial charge < -0.3 is 0 Å². The molecule has 0 radical (unpaired) electrons. The maximum absolute atomic E-state index is 12.0. The smallest absolute Gasteiger partial charge is 0.200 e. The Hall–Kier alpha value is -1.66. The normalized spacial score (nSPS) is 11.8. The van der Waals surface area contributed by atoms with Crippen molar-refractivity contribution in [2.75, 3.05) is 0 Å². The first-order valence-corrected chi connectivity index (χ1v) is 8.54. The molecule has 2 rings (SSSR count). The van der Waals surface area contributed by atoms with Gasteiger partial charge in [0, 0.05) is 4.47 Å². The molecule has 1 N–H and O–H groups in total. The van der Waals surface area contributed by atoms with Crippen LogP contribution in [0.3, 0.4) is 0 Å². The lowest BCUT2D eigenvalue weighted by Gasteiger charge is -2.04. The van der Waals surface area contributed by atoms with Crippen LogP contribution in [0.5, 0.6) is 0 Å². The fourth-order valence-electron chi connectivity index (χ4n) is 1.73. The van der Waals surface area contributed by atoms with E-state index < -0.39 is 10.0 Å². The standard InChI is InChI=1S/C15H15BrN2O2S/c1-11-3-4-12(2)13(9-11)10-17-18-21(19,20)15-7-5-14(16)6-8-15/h3-10,18H,1-2H3. The van der Waals surface area contributed by atoms with Crippen LogP contribution in [0.15, 0.2) is 56.9 Å². The van der Waals surface area contributed by atoms with Crippen molar-refractivity contribution in [1.29, 1.82) is 0 Å². The molecule has 110 valence electrons. The molecule has 6 heteroatoms. The van der Waals surface area contributed by atoms with Gasteiger partial charge in [-0.25, -0.2) is 4.83 Å². The maximum atomic E-state index is 12.0. The molecule has 0 fully saturated rings. The van der Waals surface area contributed by atoms with Crippen molar-refractivity contribution in [1.82, 2.24) is 4.83 Å². The zero-order valence-corrected chi connectivity index (χ0v) is 14.1. The van der Waals surface area contributed by atoms with Crippen molar-refractivity contribution in [3.05, 3.63) is 63.6 Å². The van der Waals surface area contributed by atoms with Crippen LogP contribution in [0.1, 0.15) is 16.7 Å². The summed E-state index contributed by atoms with van der Waals surface area (Å²) in [6.07, 6.45) is 1.51. The van der Waals surface area contributed by atoms with Crippen LogP contribution >= 0.6 is 15.9 Å². The lowest BCUT2D eigenvalue weighted by molar-refractivity contribution is 0.584. The second-order valence-corrected chi connectivity index (χ2v) is 7.24. The lowest BCUT2D eigenvalue weighted by Crippen LogP contribution is -2.18. The molecule has 0 saturated carbocycles. The number of hydrazone groups is 1. The molecule has 4 nitrogen and oxygen atoms in total. The topological polar surface area (TPSA) is 58.5 Å². The summed E-state index contributed by atoms with van der Waals surface area (Å²) >= 11 is 3.27. The summed E-state index contributed by atoms with van der Waals surface area (Å²) in [6.45, 7) is 3.92. The summed E-state index contributed by atoms with van der Waals surface area (Å²) in [5, 5.41) is 3.84. The third kappa shape index (κ3) is 4.15. The highest BCUT2D eigenvalue weighted by molar-refractivity contribution is 9.10. The number of hydrogen-bond donors (Lipinski definition) is 1. The first kappa shape index (κ1) is 15.7. The predicted molar refractivity (Wildman–Crippen MR) is 88.0 cm³/mol. The molecule has 0 aliphatic heterocycles. The number of halogens is 1. The number of rotatable bonds is 4. The van der Waals surface area contributed by atoms with Crippen molar-refractivity contribution in [2.24, 2.45) is 5.10 Å². The van der Waals surface area contributed by atoms with Crippen LogP contribution in [0.2, 0.25) is 0 Å². The third-order valence-electron chi connectivity index (χ3n) is 2.94. The molecule has 0 spiro atoms. The molecule has 2 aromatic rings. The van der Waals surface area contributed by atoms with Crippen LogP contribution < -0.4 is 4.83 Å². The Balaban J connectivity index is 2.16. The molecule has 0 saturated heterocycles. The average molecular weight is 367 g/mol. The van der Waals surface area contributed by atoms with Crippen LogP contribution in [0, 0.1) is 13.8 Å². The van der Waals surface area contributed by atoms with E-state index in [0.717, 1.165) is 21.2 Å². The van der Waals surface area contributed by atoms with Gasteiger partial charge in [0.1, 0.15) is 0 Å². The first-order valence-electron chi connectivity index (χ1n) is 6.26. The average Bonchev–Trinajstić information content (AvgIpc) is 2.43. The summed E-state index contributed by atoms with van der Waals surface area (Å²) in [5.74, 6) is 0. The second-order valence-electron chi connectivity index (χ2n) is 4.67. The molecule has 21 heavy (non-hydrogen) atoms. The minimum Gasteiger partial charge on any atom is -0.200 e. The number of hydrogen-bond acceptors (Lipinski definition) is 3. The summed E-state index contributed by atoms with van der Waals surface area (Å²) in [5.41, 5.74) is 3.01. The highest BCUT2D eigenvalue weighted by Gasteiger charge is 2.11. The Bertz CT molecular complexity index is 769. The van der Waals surface area contributed by atoms with E-state index >= 15 is 0 Å². The van der Waals surface area contributed by atoms with Gasteiger partial charge in [-0.2, -0.15) is 13.5 Å². The zero-order valence-electron chi connectivity index (χ0n) is 11.7. The minimum atomic E-state index is -3.64. The van der Waals surface area contributed by atoms with Gasteiger partial charge in [-0.3, -0.25) is 0 Å². The minimum absolute atomic E-state index is 0.170. The van der Waals surface area contributed by atoms with Gasteiger partial charge in [-0.15, -0.1) is 0 Å². The summed E-state index contributed by atoms with van der Waals surface area (Å²) in [7, 11) is -3.64. The van der Waals surface area contributed by atoms with E-state index in [9.17, 15) is 8.42 Å². The quantitative estimate of drug-likeness (QED) is 0.665. The van der Waals surface area contributed by atoms with Crippen LogP contribution in [0.25, 0.3) is 0 Å². The molecule has 0 aromatic heterocycles. The third-order valence-corrected chi connectivity index (χ3v) is 4.70. The van der Waals surface area contributed by atoms with Crippen molar-refractivity contribution in [3.63, 3.8) is 0 Å². The number of sulfonamides is 1. The van der Waals surface area contributed by atoms with Gasteiger partial charge in [-0.05, 0) is 49.2 Å². The van der Waals surface area contributed by atoms with Crippen molar-refractivity contribution in [3.8, 4) is 0 Å². The molecule has 0 heterocycles. The Kier molecular flexibility index (Phi) is 4.80. The predicted octanol–water partition coefficient (Wildman–Crippen LogP) is 3.38. The number of aryl methyl sites for hydroxylation is 2. The van der Waals surface area contributed by atoms with E-state index in [1.54, 1.807) is 12.1 Å². The molecule has 0 amide bonds. The van der Waals surface area contributed by atoms with E-state index in [4.69, 9.17) is 0 Å². The maximum Gasteiger partial charge on any atom is 0.276 e. The van der Waals surface area contributed by atoms with Gasteiger partial charge in [0.2, 0.25) is 0 Å². The molecule has 0 aliphatic rings. The van der Waals surface area contributed by atoms with Crippen LogP contribution in [0.4, 0.5) is 0 Å². The van der Waals surface area contributed by atoms with Gasteiger partial charge in [0.15, 0.2) is 0 Å². The molecular weight excluding hydrogens is 352 g/mol. The zero-order chi connectivity index (χ0) is 15.5. The molecule has 0 bridgehead atoms. The van der Waals surface area contributed by atoms with Crippen molar-refractivity contribution in [2.45, 2.75) is 18.7 Å². The fourth-order valence-corrected chi connectivity index (χ4v) is 2.79. The van der Waals surface area contributed by atoms with Crippen LogP contribution in [-0.4, -0.2) is 14.6 Å². The summed E-state index contributed by atoms with van der Waals surface area (Å²) in [4.78, 5) is 2.39. The van der Waals surface area contributed by atoms with E-state index in [2.05, 4.69) is 25.9 Å². The van der Waals surface area contributed by atoms with Crippen LogP contribution in [-0.2, 0) is 10.0 Å². The van der Waals surface area contributed by atoms with Crippen molar-refractivity contribution >= 4 is 32.2 Å². The number of nitrogens with zero attached hydrogens (tertiary/aromatic N) is 1. The largest absolute Gasteiger partial charge is 0.276 e. The Labute approximate surface area is 133 Å². The lowest BCUT2D eigenvalue weighted by atomic mass is 10.1. The highest BCUT2D eigenvalue weighted by atomic mass is 79.9. The van der Waals surface area contributed by atoms with E-state index in [1.165, 1.54) is 18.3 Å². The molecule has 0 atom stereocenters. The molecule has 2 aromatic carbocycles. The monoisotopic (exact) mass is 366 g/mol. The SMILES string of the molecule is Cc1ccc(C)c(C=NNS(=O)(=O)c2ccc(Br)cc2)c1. The van der Waals surface area contributed by atoms with E-state index in [1.807, 2.05) is 32.0 Å². The molecular formula is C15H15BrN2O2S. The van der Waals surface area contributed by atoms with Gasteiger partial charge in [0.05, 0.1) is 11.1 Å². The number of benzene rings is 2. The van der Waals surface area contributed by atoms with Crippen molar-refractivity contribution < 1.29 is 8.42 Å². The van der Waals surface area contributed by atoms with Gasteiger partial charge >= 0.3 is 0 Å². The highest BCUT2D eigenvalue weighted by Crippen LogP contribution is 2.14. The fraction of sp³-hybridized carbons (Fsp3) is 0.133. The van der Waals surface area contributed by atoms with E-state index in [0.29, 0.717) is 0 Å². The first-order chi connectivity index (χ1) is 9.88. The van der Waals surface area contributed by atoms with Gasteiger partial charge in [0.25, 0.3) is 10.0 Å². The van der Waals surface area contributed by atoms with E-state index in [-0.39, 0.29) is 4.90 Å². The second kappa shape index (κ2) is 6.41. The summed E-state index contributed by atoms with van der Waals surface area (Å²) < 4.78 is 24.9. The van der Waals surface area contributed by atoms with Gasteiger partial charge in [-0.1, -0.05) is 39.7 Å². The Morgan fingerprint density at radius 1 is 1.10 bits per heavy atom.